The molecule has 0 atom stereocenters. The Morgan fingerprint density at radius 1 is 1.41 bits per heavy atom. The van der Waals surface area contributed by atoms with Crippen molar-refractivity contribution >= 4 is 5.91 Å². The largest absolute Gasteiger partial charge is 0.504 e. The number of carbonyl (C=O) groups excluding carboxylic acids is 1. The van der Waals surface area contributed by atoms with Gasteiger partial charge in [0.25, 0.3) is 0 Å². The molecule has 0 heterocycles. The average molecular weight is 240 g/mol. The number of aromatic hydroxyl groups is 2. The fourth-order valence-electron chi connectivity index (χ4n) is 1.26. The van der Waals surface area contributed by atoms with Crippen molar-refractivity contribution in [2.45, 2.75) is 6.54 Å². The Hall–Kier alpha value is -1.79. The number of phenols is 2. The third kappa shape index (κ3) is 4.71. The summed E-state index contributed by atoms with van der Waals surface area (Å²) in [5.74, 6) is -0.775. The number of phenolic OH excluding ortho intramolecular Hbond substituents is 2. The summed E-state index contributed by atoms with van der Waals surface area (Å²) < 4.78 is 4.94. The Bertz CT molecular complexity index is 382. The molecule has 0 unspecified atom stereocenters. The van der Waals surface area contributed by atoms with Gasteiger partial charge in [0.2, 0.25) is 5.91 Å². The van der Waals surface area contributed by atoms with E-state index in [-0.39, 0.29) is 18.1 Å². The molecular weight excluding hydrogens is 224 g/mol. The van der Waals surface area contributed by atoms with Crippen molar-refractivity contribution in [1.82, 2.24) is 5.32 Å². The maximum absolute atomic E-state index is 10.4. The second kappa shape index (κ2) is 6.72. The third-order valence-corrected chi connectivity index (χ3v) is 2.08. The number of hydrogen-bond acceptors (Lipinski definition) is 5. The Labute approximate surface area is 99.0 Å². The van der Waals surface area contributed by atoms with Gasteiger partial charge in [0, 0.05) is 18.7 Å². The lowest BCUT2D eigenvalue weighted by Crippen LogP contribution is -2.23. The van der Waals surface area contributed by atoms with E-state index in [1.54, 1.807) is 12.1 Å². The van der Waals surface area contributed by atoms with Crippen molar-refractivity contribution in [3.05, 3.63) is 23.8 Å². The molecular formula is C11H16N2O4. The van der Waals surface area contributed by atoms with Gasteiger partial charge in [-0.05, 0) is 6.07 Å². The van der Waals surface area contributed by atoms with Crippen LogP contribution in [0.25, 0.3) is 0 Å². The standard InChI is InChI=1S/C11H16N2O4/c12-10(15)7-17-5-4-13-6-8-2-1-3-9(14)11(8)16/h1-3,13-14,16H,4-7H2,(H2,12,15). The van der Waals surface area contributed by atoms with E-state index in [1.165, 1.54) is 6.07 Å². The van der Waals surface area contributed by atoms with E-state index in [1.807, 2.05) is 0 Å². The molecule has 6 heteroatoms. The van der Waals surface area contributed by atoms with Crippen LogP contribution in [0.4, 0.5) is 0 Å². The van der Waals surface area contributed by atoms with Crippen molar-refractivity contribution in [1.29, 1.82) is 0 Å². The Balaban J connectivity index is 2.22. The fourth-order valence-corrected chi connectivity index (χ4v) is 1.26. The first kappa shape index (κ1) is 13.3. The highest BCUT2D eigenvalue weighted by molar-refractivity contribution is 5.74. The lowest BCUT2D eigenvalue weighted by Gasteiger charge is -2.07. The van der Waals surface area contributed by atoms with Crippen molar-refractivity contribution in [2.24, 2.45) is 5.73 Å². The number of primary amides is 1. The molecule has 0 fully saturated rings. The van der Waals surface area contributed by atoms with Crippen LogP contribution in [0.15, 0.2) is 18.2 Å². The van der Waals surface area contributed by atoms with Crippen LogP contribution in [0, 0.1) is 0 Å². The smallest absolute Gasteiger partial charge is 0.243 e. The Morgan fingerprint density at radius 3 is 2.88 bits per heavy atom. The summed E-state index contributed by atoms with van der Waals surface area (Å²) in [5, 5.41) is 21.7. The van der Waals surface area contributed by atoms with Crippen molar-refractivity contribution < 1.29 is 19.7 Å². The summed E-state index contributed by atoms with van der Waals surface area (Å²) in [4.78, 5) is 10.4. The molecule has 1 amide bonds. The van der Waals surface area contributed by atoms with Gasteiger partial charge in [-0.1, -0.05) is 12.1 Å². The molecule has 0 aliphatic carbocycles. The fraction of sp³-hybridized carbons (Fsp3) is 0.364. The average Bonchev–Trinajstić information content (AvgIpc) is 2.28. The number of rotatable bonds is 7. The molecule has 1 rings (SSSR count). The van der Waals surface area contributed by atoms with E-state index >= 15 is 0 Å². The number of nitrogens with two attached hydrogens (primary N) is 1. The Morgan fingerprint density at radius 2 is 2.18 bits per heavy atom. The first-order valence-electron chi connectivity index (χ1n) is 5.18. The van der Waals surface area contributed by atoms with Gasteiger partial charge in [0.15, 0.2) is 11.5 Å². The van der Waals surface area contributed by atoms with Crippen molar-refractivity contribution in [3.8, 4) is 11.5 Å². The molecule has 0 bridgehead atoms. The van der Waals surface area contributed by atoms with Gasteiger partial charge in [0.05, 0.1) is 6.61 Å². The van der Waals surface area contributed by atoms with E-state index in [9.17, 15) is 15.0 Å². The third-order valence-electron chi connectivity index (χ3n) is 2.08. The van der Waals surface area contributed by atoms with Crippen LogP contribution >= 0.6 is 0 Å². The van der Waals surface area contributed by atoms with Crippen LogP contribution in [-0.2, 0) is 16.1 Å². The van der Waals surface area contributed by atoms with Crippen LogP contribution < -0.4 is 11.1 Å². The van der Waals surface area contributed by atoms with Crippen LogP contribution in [0.2, 0.25) is 0 Å². The normalized spacial score (nSPS) is 10.4. The van der Waals surface area contributed by atoms with E-state index in [4.69, 9.17) is 10.5 Å². The summed E-state index contributed by atoms with van der Waals surface area (Å²) >= 11 is 0. The van der Waals surface area contributed by atoms with Gasteiger partial charge in [-0.25, -0.2) is 0 Å². The molecule has 6 nitrogen and oxygen atoms in total. The van der Waals surface area contributed by atoms with Crippen LogP contribution in [0.1, 0.15) is 5.56 Å². The SMILES string of the molecule is NC(=O)COCCNCc1cccc(O)c1O. The first-order valence-corrected chi connectivity index (χ1v) is 5.18. The molecule has 0 saturated carbocycles. The topological polar surface area (TPSA) is 105 Å². The highest BCUT2D eigenvalue weighted by atomic mass is 16.5. The molecule has 0 aliphatic rings. The molecule has 0 spiro atoms. The summed E-state index contributed by atoms with van der Waals surface area (Å²) in [6.07, 6.45) is 0. The summed E-state index contributed by atoms with van der Waals surface area (Å²) in [6.45, 7) is 1.17. The first-order chi connectivity index (χ1) is 8.11. The monoisotopic (exact) mass is 240 g/mol. The maximum atomic E-state index is 10.4. The number of benzene rings is 1. The molecule has 0 aromatic heterocycles. The number of amides is 1. The van der Waals surface area contributed by atoms with E-state index in [2.05, 4.69) is 5.32 Å². The zero-order valence-corrected chi connectivity index (χ0v) is 9.35. The second-order valence-corrected chi connectivity index (χ2v) is 3.48. The van der Waals surface area contributed by atoms with Crippen molar-refractivity contribution in [2.75, 3.05) is 19.8 Å². The summed E-state index contributed by atoms with van der Waals surface area (Å²) in [5.41, 5.74) is 5.49. The predicted molar refractivity (Wildman–Crippen MR) is 61.5 cm³/mol. The van der Waals surface area contributed by atoms with Gasteiger partial charge in [0.1, 0.15) is 6.61 Å². The lowest BCUT2D eigenvalue weighted by atomic mass is 10.2. The minimum absolute atomic E-state index is 0.0982. The van der Waals surface area contributed by atoms with E-state index < -0.39 is 5.91 Å². The zero-order chi connectivity index (χ0) is 12.7. The molecule has 17 heavy (non-hydrogen) atoms. The molecule has 94 valence electrons. The van der Waals surface area contributed by atoms with Crippen LogP contribution in [-0.4, -0.2) is 35.9 Å². The molecule has 0 aliphatic heterocycles. The molecule has 5 N–H and O–H groups in total. The zero-order valence-electron chi connectivity index (χ0n) is 9.35. The Kier molecular flexibility index (Phi) is 5.25. The molecule has 1 aromatic rings. The van der Waals surface area contributed by atoms with Gasteiger partial charge >= 0.3 is 0 Å². The molecule has 0 saturated heterocycles. The quantitative estimate of drug-likeness (QED) is 0.386. The van der Waals surface area contributed by atoms with Crippen molar-refractivity contribution in [3.63, 3.8) is 0 Å². The predicted octanol–water partition coefficient (Wildman–Crippen LogP) is -0.311. The number of para-hydroxylation sites is 1. The molecule has 1 aromatic carbocycles. The minimum Gasteiger partial charge on any atom is -0.504 e. The number of nitrogens with one attached hydrogen (secondary N) is 1. The number of carbonyl (C=O) groups is 1. The van der Waals surface area contributed by atoms with Gasteiger partial charge in [-0.15, -0.1) is 0 Å². The second-order valence-electron chi connectivity index (χ2n) is 3.48. The van der Waals surface area contributed by atoms with E-state index in [0.29, 0.717) is 25.3 Å². The van der Waals surface area contributed by atoms with Gasteiger partial charge in [-0.2, -0.15) is 0 Å². The van der Waals surface area contributed by atoms with Gasteiger partial charge < -0.3 is 26.0 Å². The summed E-state index contributed by atoms with van der Waals surface area (Å²) in [6, 6.07) is 4.76. The van der Waals surface area contributed by atoms with Gasteiger partial charge in [-0.3, -0.25) is 4.79 Å². The highest BCUT2D eigenvalue weighted by Gasteiger charge is 2.04. The van der Waals surface area contributed by atoms with Crippen LogP contribution in [0.3, 0.4) is 0 Å². The lowest BCUT2D eigenvalue weighted by molar-refractivity contribution is -0.122. The minimum atomic E-state index is -0.504. The molecule has 0 radical (unpaired) electrons. The highest BCUT2D eigenvalue weighted by Crippen LogP contribution is 2.27. The van der Waals surface area contributed by atoms with Crippen LogP contribution in [0.5, 0.6) is 11.5 Å². The maximum Gasteiger partial charge on any atom is 0.243 e. The number of ether oxygens (including phenoxy) is 1. The summed E-state index contributed by atoms with van der Waals surface area (Å²) in [7, 11) is 0. The van der Waals surface area contributed by atoms with E-state index in [0.717, 1.165) is 0 Å². The number of hydrogen-bond donors (Lipinski definition) is 4.